The third-order valence-electron chi connectivity index (χ3n) is 2.73. The largest absolute Gasteiger partial charge is 0.550 e. The van der Waals surface area contributed by atoms with E-state index in [-0.39, 0.29) is 24.5 Å². The van der Waals surface area contributed by atoms with E-state index in [0.29, 0.717) is 11.4 Å². The van der Waals surface area contributed by atoms with Crippen LogP contribution < -0.4 is 15.7 Å². The molecule has 0 aliphatic carbocycles. The highest BCUT2D eigenvalue weighted by Crippen LogP contribution is 2.15. The number of carbonyl (C=O) groups is 3. The van der Waals surface area contributed by atoms with E-state index in [2.05, 4.69) is 10.6 Å². The first-order chi connectivity index (χ1) is 10.5. The van der Waals surface area contributed by atoms with Crippen LogP contribution in [0.15, 0.2) is 47.1 Å². The fraction of sp³-hybridized carbons (Fsp3) is 0.133. The van der Waals surface area contributed by atoms with E-state index in [1.165, 1.54) is 6.26 Å². The lowest BCUT2D eigenvalue weighted by Gasteiger charge is -2.07. The second-order valence-corrected chi connectivity index (χ2v) is 4.43. The Kier molecular flexibility index (Phi) is 4.92. The molecule has 0 fully saturated rings. The summed E-state index contributed by atoms with van der Waals surface area (Å²) in [5.41, 5.74) is 1.04. The molecule has 0 bridgehead atoms. The highest BCUT2D eigenvalue weighted by atomic mass is 16.4. The number of furan rings is 1. The van der Waals surface area contributed by atoms with E-state index in [1.54, 1.807) is 36.4 Å². The molecule has 2 rings (SSSR count). The van der Waals surface area contributed by atoms with Gasteiger partial charge in [-0.3, -0.25) is 9.59 Å². The highest BCUT2D eigenvalue weighted by molar-refractivity contribution is 6.02. The van der Waals surface area contributed by atoms with E-state index in [0.717, 1.165) is 0 Å². The number of anilines is 2. The first-order valence-corrected chi connectivity index (χ1v) is 6.49. The van der Waals surface area contributed by atoms with Crippen molar-refractivity contribution in [3.63, 3.8) is 0 Å². The molecule has 0 unspecified atom stereocenters. The van der Waals surface area contributed by atoms with Crippen molar-refractivity contribution < 1.29 is 23.9 Å². The van der Waals surface area contributed by atoms with Crippen molar-refractivity contribution in [1.29, 1.82) is 0 Å². The van der Waals surface area contributed by atoms with Crippen LogP contribution in [0.25, 0.3) is 0 Å². The molecule has 2 N–H and O–H groups in total. The number of hydrogen-bond donors (Lipinski definition) is 2. The molecule has 7 nitrogen and oxygen atoms in total. The van der Waals surface area contributed by atoms with Gasteiger partial charge in [0.1, 0.15) is 0 Å². The van der Waals surface area contributed by atoms with E-state index in [4.69, 9.17) is 4.42 Å². The van der Waals surface area contributed by atoms with Gasteiger partial charge in [0.15, 0.2) is 5.76 Å². The quantitative estimate of drug-likeness (QED) is 0.826. The zero-order valence-electron chi connectivity index (χ0n) is 11.5. The summed E-state index contributed by atoms with van der Waals surface area (Å²) in [6.45, 7) is 0. The van der Waals surface area contributed by atoms with Gasteiger partial charge in [-0.25, -0.2) is 0 Å². The van der Waals surface area contributed by atoms with Crippen LogP contribution in [0.4, 0.5) is 11.4 Å². The predicted octanol–water partition coefficient (Wildman–Crippen LogP) is 1.00. The van der Waals surface area contributed by atoms with Crippen LogP contribution in [0.1, 0.15) is 23.4 Å². The molecule has 0 saturated heterocycles. The molecule has 1 aromatic carbocycles. The first-order valence-electron chi connectivity index (χ1n) is 6.49. The molecular formula is C15H13N2O5-. The lowest BCUT2D eigenvalue weighted by Crippen LogP contribution is -2.24. The zero-order chi connectivity index (χ0) is 15.9. The molecule has 114 valence electrons. The third-order valence-corrected chi connectivity index (χ3v) is 2.73. The molecule has 2 aromatic rings. The zero-order valence-corrected chi connectivity index (χ0v) is 11.5. The molecule has 2 amide bonds. The smallest absolute Gasteiger partial charge is 0.291 e. The average Bonchev–Trinajstić information content (AvgIpc) is 3.01. The number of nitrogens with one attached hydrogen (secondary N) is 2. The Morgan fingerprint density at radius 2 is 1.59 bits per heavy atom. The van der Waals surface area contributed by atoms with Crippen molar-refractivity contribution in [3.05, 3.63) is 48.4 Å². The van der Waals surface area contributed by atoms with E-state index in [1.807, 2.05) is 0 Å². The molecule has 1 aromatic heterocycles. The average molecular weight is 301 g/mol. The Morgan fingerprint density at radius 1 is 0.955 bits per heavy atom. The van der Waals surface area contributed by atoms with Crippen molar-refractivity contribution in [2.45, 2.75) is 12.8 Å². The van der Waals surface area contributed by atoms with Crippen LogP contribution in [-0.2, 0) is 9.59 Å². The summed E-state index contributed by atoms with van der Waals surface area (Å²) in [7, 11) is 0. The van der Waals surface area contributed by atoms with Gasteiger partial charge in [0.25, 0.3) is 5.91 Å². The summed E-state index contributed by atoms with van der Waals surface area (Å²) < 4.78 is 4.97. The standard InChI is InChI=1S/C15H14N2O5/c18-13(7-8-14(19)20)16-10-3-5-11(6-4-10)17-15(21)12-2-1-9-22-12/h1-6,9H,7-8H2,(H,16,18)(H,17,21)(H,19,20)/p-1. The predicted molar refractivity (Wildman–Crippen MR) is 76.0 cm³/mol. The van der Waals surface area contributed by atoms with Gasteiger partial charge in [-0.05, 0) is 42.8 Å². The summed E-state index contributed by atoms with van der Waals surface area (Å²) >= 11 is 0. The molecule has 22 heavy (non-hydrogen) atoms. The maximum atomic E-state index is 11.8. The van der Waals surface area contributed by atoms with Gasteiger partial charge < -0.3 is 25.0 Å². The minimum atomic E-state index is -1.27. The maximum Gasteiger partial charge on any atom is 0.291 e. The second-order valence-electron chi connectivity index (χ2n) is 4.43. The highest BCUT2D eigenvalue weighted by Gasteiger charge is 2.08. The first kappa shape index (κ1) is 15.3. The molecule has 0 spiro atoms. The van der Waals surface area contributed by atoms with E-state index < -0.39 is 11.9 Å². The summed E-state index contributed by atoms with van der Waals surface area (Å²) in [4.78, 5) is 33.5. The Morgan fingerprint density at radius 3 is 2.14 bits per heavy atom. The lowest BCUT2D eigenvalue weighted by molar-refractivity contribution is -0.305. The van der Waals surface area contributed by atoms with Crippen LogP contribution in [0.2, 0.25) is 0 Å². The molecule has 0 atom stereocenters. The summed E-state index contributed by atoms with van der Waals surface area (Å²) in [6, 6.07) is 9.55. The fourth-order valence-electron chi connectivity index (χ4n) is 1.68. The number of carbonyl (C=O) groups excluding carboxylic acids is 3. The summed E-state index contributed by atoms with van der Waals surface area (Å²) in [5.74, 6) is -1.88. The Hall–Kier alpha value is -3.09. The molecule has 0 aliphatic rings. The SMILES string of the molecule is O=C([O-])CCC(=O)Nc1ccc(NC(=O)c2ccco2)cc1. The van der Waals surface area contributed by atoms with Gasteiger partial charge in [0.2, 0.25) is 5.91 Å². The van der Waals surface area contributed by atoms with Gasteiger partial charge >= 0.3 is 0 Å². The fourth-order valence-corrected chi connectivity index (χ4v) is 1.68. The van der Waals surface area contributed by atoms with Gasteiger partial charge in [-0.1, -0.05) is 0 Å². The van der Waals surface area contributed by atoms with E-state index in [9.17, 15) is 19.5 Å². The minimum Gasteiger partial charge on any atom is -0.550 e. The Balaban J connectivity index is 1.89. The normalized spacial score (nSPS) is 10.0. The van der Waals surface area contributed by atoms with E-state index >= 15 is 0 Å². The summed E-state index contributed by atoms with van der Waals surface area (Å²) in [6.07, 6.45) is 0.919. The number of benzene rings is 1. The molecular weight excluding hydrogens is 288 g/mol. The number of amides is 2. The lowest BCUT2D eigenvalue weighted by atomic mass is 10.2. The number of hydrogen-bond acceptors (Lipinski definition) is 5. The van der Waals surface area contributed by atoms with Crippen LogP contribution in [-0.4, -0.2) is 17.8 Å². The molecule has 7 heteroatoms. The van der Waals surface area contributed by atoms with Gasteiger partial charge in [-0.15, -0.1) is 0 Å². The number of carboxylic acid groups (broad SMARTS) is 1. The number of carboxylic acids is 1. The number of rotatable bonds is 6. The maximum absolute atomic E-state index is 11.8. The van der Waals surface area contributed by atoms with Gasteiger partial charge in [0, 0.05) is 23.8 Å². The van der Waals surface area contributed by atoms with Crippen molar-refractivity contribution in [2.24, 2.45) is 0 Å². The van der Waals surface area contributed by atoms with Crippen LogP contribution in [0.3, 0.4) is 0 Å². The monoisotopic (exact) mass is 301 g/mol. The van der Waals surface area contributed by atoms with Crippen molar-refractivity contribution in [2.75, 3.05) is 10.6 Å². The molecule has 0 radical (unpaired) electrons. The van der Waals surface area contributed by atoms with Gasteiger partial charge in [0.05, 0.1) is 6.26 Å². The molecule has 0 saturated carbocycles. The minimum absolute atomic E-state index is 0.153. The van der Waals surface area contributed by atoms with Crippen LogP contribution in [0, 0.1) is 0 Å². The van der Waals surface area contributed by atoms with Crippen LogP contribution in [0.5, 0.6) is 0 Å². The molecule has 0 aliphatic heterocycles. The summed E-state index contributed by atoms with van der Waals surface area (Å²) in [5, 5.41) is 15.4. The second kappa shape index (κ2) is 7.07. The third kappa shape index (κ3) is 4.48. The molecule has 1 heterocycles. The van der Waals surface area contributed by atoms with Crippen molar-refractivity contribution in [3.8, 4) is 0 Å². The van der Waals surface area contributed by atoms with Crippen molar-refractivity contribution >= 4 is 29.2 Å². The van der Waals surface area contributed by atoms with Crippen LogP contribution >= 0.6 is 0 Å². The Labute approximate surface area is 125 Å². The Bertz CT molecular complexity index is 662. The van der Waals surface area contributed by atoms with Gasteiger partial charge in [-0.2, -0.15) is 0 Å². The van der Waals surface area contributed by atoms with Crippen molar-refractivity contribution in [1.82, 2.24) is 0 Å². The topological polar surface area (TPSA) is 111 Å². The number of aliphatic carboxylic acids is 1.